The lowest BCUT2D eigenvalue weighted by atomic mass is 10.2. The van der Waals surface area contributed by atoms with Crippen LogP contribution in [0.1, 0.15) is 13.8 Å². The summed E-state index contributed by atoms with van der Waals surface area (Å²) in [4.78, 5) is 9.08. The van der Waals surface area contributed by atoms with Crippen molar-refractivity contribution < 1.29 is 28.4 Å². The molecule has 1 heterocycles. The average Bonchev–Trinajstić information content (AvgIpc) is 2.67. The van der Waals surface area contributed by atoms with Crippen molar-refractivity contribution in [2.45, 2.75) is 13.8 Å². The Balaban J connectivity index is 2.35. The normalized spacial score (nSPS) is 10.8. The lowest BCUT2D eigenvalue weighted by Crippen LogP contribution is -2.12. The minimum absolute atomic E-state index is 0.278. The molecule has 8 heteroatoms. The quantitative estimate of drug-likeness (QED) is 0.530. The second-order valence-corrected chi connectivity index (χ2v) is 5.09. The van der Waals surface area contributed by atoms with E-state index in [0.29, 0.717) is 62.2 Å². The fraction of sp³-hybridized carbons (Fsp3) is 0.556. The Bertz CT molecular complexity index is 636. The summed E-state index contributed by atoms with van der Waals surface area (Å²) in [5, 5.41) is 0. The summed E-state index contributed by atoms with van der Waals surface area (Å²) >= 11 is 0. The standard InChI is InChI=1S/C18H26N2O6/c1-5-23-9-11-25-17-18(26-12-10-24-6-2)20-16-14(22-4)8-7-13(21-3)15(16)19-17/h7-8H,5-6,9-12H2,1-4H3. The molecule has 2 rings (SSSR count). The second-order valence-electron chi connectivity index (χ2n) is 5.09. The molecule has 0 radical (unpaired) electrons. The molecule has 0 bridgehead atoms. The summed E-state index contributed by atoms with van der Waals surface area (Å²) in [5.74, 6) is 1.70. The Morgan fingerprint density at radius 2 is 1.12 bits per heavy atom. The summed E-state index contributed by atoms with van der Waals surface area (Å²) in [6.45, 7) is 6.66. The first kappa shape index (κ1) is 20.0. The van der Waals surface area contributed by atoms with Gasteiger partial charge in [0.05, 0.1) is 27.4 Å². The van der Waals surface area contributed by atoms with Crippen LogP contribution in [0, 0.1) is 0 Å². The van der Waals surface area contributed by atoms with Gasteiger partial charge in [-0.15, -0.1) is 0 Å². The molecule has 0 spiro atoms. The molecule has 8 nitrogen and oxygen atoms in total. The molecule has 26 heavy (non-hydrogen) atoms. The topological polar surface area (TPSA) is 81.2 Å². The van der Waals surface area contributed by atoms with Crippen molar-refractivity contribution in [3.63, 3.8) is 0 Å². The van der Waals surface area contributed by atoms with E-state index in [1.165, 1.54) is 0 Å². The van der Waals surface area contributed by atoms with Gasteiger partial charge in [-0.3, -0.25) is 0 Å². The van der Waals surface area contributed by atoms with E-state index in [2.05, 4.69) is 9.97 Å². The molecule has 0 amide bonds. The van der Waals surface area contributed by atoms with Crippen LogP contribution in [0.5, 0.6) is 23.3 Å². The van der Waals surface area contributed by atoms with E-state index in [1.54, 1.807) is 26.4 Å². The smallest absolute Gasteiger partial charge is 0.278 e. The summed E-state index contributed by atoms with van der Waals surface area (Å²) < 4.78 is 32.8. The van der Waals surface area contributed by atoms with Crippen LogP contribution in [0.2, 0.25) is 0 Å². The molecule has 0 aliphatic carbocycles. The van der Waals surface area contributed by atoms with Crippen LogP contribution < -0.4 is 18.9 Å². The molecule has 0 saturated carbocycles. The molecule has 2 aromatic rings. The Morgan fingerprint density at radius 3 is 1.46 bits per heavy atom. The maximum absolute atomic E-state index is 5.72. The SMILES string of the molecule is CCOCCOc1nc2c(OC)ccc(OC)c2nc1OCCOCC. The Kier molecular flexibility index (Phi) is 8.17. The van der Waals surface area contributed by atoms with Gasteiger partial charge in [-0.1, -0.05) is 0 Å². The first-order valence-electron chi connectivity index (χ1n) is 8.58. The van der Waals surface area contributed by atoms with Crippen molar-refractivity contribution in [3.8, 4) is 23.3 Å². The molecule has 0 saturated heterocycles. The number of ether oxygens (including phenoxy) is 6. The highest BCUT2D eigenvalue weighted by molar-refractivity contribution is 5.87. The average molecular weight is 366 g/mol. The van der Waals surface area contributed by atoms with E-state index in [0.717, 1.165) is 0 Å². The highest BCUT2D eigenvalue weighted by Crippen LogP contribution is 2.35. The van der Waals surface area contributed by atoms with Crippen LogP contribution in [0.4, 0.5) is 0 Å². The number of methoxy groups -OCH3 is 2. The van der Waals surface area contributed by atoms with Gasteiger partial charge < -0.3 is 28.4 Å². The lowest BCUT2D eigenvalue weighted by molar-refractivity contribution is 0.0967. The summed E-state index contributed by atoms with van der Waals surface area (Å²) in [6.07, 6.45) is 0. The fourth-order valence-electron chi connectivity index (χ4n) is 2.26. The highest BCUT2D eigenvalue weighted by atomic mass is 16.6. The van der Waals surface area contributed by atoms with Gasteiger partial charge in [-0.2, -0.15) is 0 Å². The van der Waals surface area contributed by atoms with Crippen LogP contribution in [-0.4, -0.2) is 63.8 Å². The maximum atomic E-state index is 5.72. The fourth-order valence-corrected chi connectivity index (χ4v) is 2.26. The zero-order valence-corrected chi connectivity index (χ0v) is 15.7. The second kappa shape index (κ2) is 10.6. The summed E-state index contributed by atoms with van der Waals surface area (Å²) in [6, 6.07) is 3.55. The number of nitrogens with zero attached hydrogens (tertiary/aromatic N) is 2. The predicted molar refractivity (Wildman–Crippen MR) is 96.6 cm³/mol. The number of fused-ring (bicyclic) bond motifs is 1. The van der Waals surface area contributed by atoms with Gasteiger partial charge in [-0.05, 0) is 26.0 Å². The number of hydrogen-bond acceptors (Lipinski definition) is 8. The molecule has 0 fully saturated rings. The molecule has 1 aromatic heterocycles. The largest absolute Gasteiger partial charge is 0.494 e. The number of aromatic nitrogens is 2. The van der Waals surface area contributed by atoms with Crippen molar-refractivity contribution in [3.05, 3.63) is 12.1 Å². The van der Waals surface area contributed by atoms with Gasteiger partial charge in [0.1, 0.15) is 35.7 Å². The summed E-state index contributed by atoms with van der Waals surface area (Å²) in [5.41, 5.74) is 1.07. The van der Waals surface area contributed by atoms with Gasteiger partial charge in [0.25, 0.3) is 11.8 Å². The van der Waals surface area contributed by atoms with Crippen molar-refractivity contribution in [2.75, 3.05) is 53.9 Å². The van der Waals surface area contributed by atoms with Crippen molar-refractivity contribution in [1.29, 1.82) is 0 Å². The molecular weight excluding hydrogens is 340 g/mol. The van der Waals surface area contributed by atoms with E-state index < -0.39 is 0 Å². The number of rotatable bonds is 12. The lowest BCUT2D eigenvalue weighted by Gasteiger charge is -2.14. The molecule has 0 aliphatic heterocycles. The number of benzene rings is 1. The number of hydrogen-bond donors (Lipinski definition) is 0. The molecule has 1 aromatic carbocycles. The minimum Gasteiger partial charge on any atom is -0.494 e. The van der Waals surface area contributed by atoms with Crippen molar-refractivity contribution in [1.82, 2.24) is 9.97 Å². The third kappa shape index (κ3) is 5.09. The Labute approximate surface area is 153 Å². The van der Waals surface area contributed by atoms with Crippen LogP contribution >= 0.6 is 0 Å². The van der Waals surface area contributed by atoms with Crippen molar-refractivity contribution >= 4 is 11.0 Å². The molecule has 0 N–H and O–H groups in total. The van der Waals surface area contributed by atoms with E-state index in [1.807, 2.05) is 13.8 Å². The van der Waals surface area contributed by atoms with Gasteiger partial charge in [-0.25, -0.2) is 9.97 Å². The van der Waals surface area contributed by atoms with Crippen LogP contribution in [-0.2, 0) is 9.47 Å². The maximum Gasteiger partial charge on any atom is 0.278 e. The van der Waals surface area contributed by atoms with Gasteiger partial charge in [0, 0.05) is 13.2 Å². The minimum atomic E-state index is 0.278. The van der Waals surface area contributed by atoms with Gasteiger partial charge in [0.15, 0.2) is 0 Å². The molecule has 0 aliphatic rings. The molecular formula is C18H26N2O6. The zero-order valence-electron chi connectivity index (χ0n) is 15.7. The van der Waals surface area contributed by atoms with E-state index in [4.69, 9.17) is 28.4 Å². The zero-order chi connectivity index (χ0) is 18.8. The van der Waals surface area contributed by atoms with Crippen molar-refractivity contribution in [2.24, 2.45) is 0 Å². The van der Waals surface area contributed by atoms with E-state index in [-0.39, 0.29) is 11.8 Å². The van der Waals surface area contributed by atoms with Gasteiger partial charge in [0.2, 0.25) is 0 Å². The summed E-state index contributed by atoms with van der Waals surface area (Å²) in [7, 11) is 3.15. The first-order valence-corrected chi connectivity index (χ1v) is 8.58. The molecule has 144 valence electrons. The third-order valence-corrected chi connectivity index (χ3v) is 3.47. The molecule has 0 atom stereocenters. The Morgan fingerprint density at radius 1 is 0.692 bits per heavy atom. The first-order chi connectivity index (χ1) is 12.7. The van der Waals surface area contributed by atoms with Gasteiger partial charge >= 0.3 is 0 Å². The van der Waals surface area contributed by atoms with E-state index in [9.17, 15) is 0 Å². The third-order valence-electron chi connectivity index (χ3n) is 3.47. The van der Waals surface area contributed by atoms with Crippen LogP contribution in [0.15, 0.2) is 12.1 Å². The predicted octanol–water partition coefficient (Wildman–Crippen LogP) is 2.48. The Hall–Kier alpha value is -2.32. The monoisotopic (exact) mass is 366 g/mol. The molecule has 0 unspecified atom stereocenters. The van der Waals surface area contributed by atoms with E-state index >= 15 is 0 Å². The van der Waals surface area contributed by atoms with Crippen LogP contribution in [0.25, 0.3) is 11.0 Å². The highest BCUT2D eigenvalue weighted by Gasteiger charge is 2.18. The van der Waals surface area contributed by atoms with Crippen LogP contribution in [0.3, 0.4) is 0 Å².